The van der Waals surface area contributed by atoms with E-state index >= 15 is 0 Å². The number of amides is 3. The van der Waals surface area contributed by atoms with Crippen LogP contribution >= 0.6 is 11.6 Å². The minimum atomic E-state index is -0.386. The molecule has 1 aromatic rings. The van der Waals surface area contributed by atoms with Crippen LogP contribution in [-0.4, -0.2) is 48.8 Å². The Morgan fingerprint density at radius 3 is 2.50 bits per heavy atom. The lowest BCUT2D eigenvalue weighted by Gasteiger charge is -2.26. The van der Waals surface area contributed by atoms with Gasteiger partial charge in [-0.05, 0) is 43.5 Å². The molecule has 0 aliphatic carbocycles. The van der Waals surface area contributed by atoms with Crippen molar-refractivity contribution in [2.45, 2.75) is 32.1 Å². The lowest BCUT2D eigenvalue weighted by Crippen LogP contribution is -2.39. The summed E-state index contributed by atoms with van der Waals surface area (Å²) in [6.45, 7) is 2.31. The highest BCUT2D eigenvalue weighted by Gasteiger charge is 2.35. The molecule has 7 heteroatoms. The SMILES string of the molecule is O=C(NCCC(=O)N1CCCCC1)C1CC(=O)N(c2ccc(Cl)cc2)C1. The molecule has 0 saturated carbocycles. The summed E-state index contributed by atoms with van der Waals surface area (Å²) >= 11 is 5.87. The highest BCUT2D eigenvalue weighted by molar-refractivity contribution is 6.30. The number of piperidine rings is 1. The van der Waals surface area contributed by atoms with Crippen molar-refractivity contribution in [3.8, 4) is 0 Å². The van der Waals surface area contributed by atoms with Crippen molar-refractivity contribution in [3.63, 3.8) is 0 Å². The van der Waals surface area contributed by atoms with Crippen LogP contribution in [0.4, 0.5) is 5.69 Å². The van der Waals surface area contributed by atoms with Crippen LogP contribution in [0.3, 0.4) is 0 Å². The fourth-order valence-corrected chi connectivity index (χ4v) is 3.62. The van der Waals surface area contributed by atoms with E-state index in [2.05, 4.69) is 5.32 Å². The fourth-order valence-electron chi connectivity index (χ4n) is 3.49. The van der Waals surface area contributed by atoms with Crippen LogP contribution in [-0.2, 0) is 14.4 Å². The summed E-state index contributed by atoms with van der Waals surface area (Å²) in [5, 5.41) is 3.41. The first kappa shape index (κ1) is 18.7. The van der Waals surface area contributed by atoms with Crippen molar-refractivity contribution in [2.24, 2.45) is 5.92 Å². The molecule has 1 unspecified atom stereocenters. The van der Waals surface area contributed by atoms with Crippen molar-refractivity contribution in [3.05, 3.63) is 29.3 Å². The third-order valence-corrected chi connectivity index (χ3v) is 5.23. The first-order valence-electron chi connectivity index (χ1n) is 9.16. The van der Waals surface area contributed by atoms with Gasteiger partial charge >= 0.3 is 0 Å². The van der Waals surface area contributed by atoms with Gasteiger partial charge in [-0.15, -0.1) is 0 Å². The maximum atomic E-state index is 12.3. The molecule has 1 N–H and O–H groups in total. The van der Waals surface area contributed by atoms with Crippen LogP contribution in [0.15, 0.2) is 24.3 Å². The maximum Gasteiger partial charge on any atom is 0.227 e. The number of hydrogen-bond donors (Lipinski definition) is 1. The van der Waals surface area contributed by atoms with E-state index < -0.39 is 0 Å². The molecule has 2 saturated heterocycles. The molecule has 140 valence electrons. The number of nitrogens with one attached hydrogen (secondary N) is 1. The first-order valence-corrected chi connectivity index (χ1v) is 9.54. The Hall–Kier alpha value is -2.08. The Morgan fingerprint density at radius 2 is 1.81 bits per heavy atom. The van der Waals surface area contributed by atoms with E-state index in [1.165, 1.54) is 6.42 Å². The highest BCUT2D eigenvalue weighted by atomic mass is 35.5. The molecule has 2 aliphatic heterocycles. The van der Waals surface area contributed by atoms with Gasteiger partial charge in [-0.25, -0.2) is 0 Å². The lowest BCUT2D eigenvalue weighted by atomic mass is 10.1. The number of halogens is 1. The normalized spacial score (nSPS) is 20.3. The van der Waals surface area contributed by atoms with E-state index in [1.807, 2.05) is 4.90 Å². The minimum absolute atomic E-state index is 0.0723. The summed E-state index contributed by atoms with van der Waals surface area (Å²) in [7, 11) is 0. The number of rotatable bonds is 5. The van der Waals surface area contributed by atoms with Crippen LogP contribution in [0, 0.1) is 5.92 Å². The van der Waals surface area contributed by atoms with E-state index in [1.54, 1.807) is 29.2 Å². The zero-order chi connectivity index (χ0) is 18.5. The number of likely N-dealkylation sites (tertiary alicyclic amines) is 1. The van der Waals surface area contributed by atoms with E-state index in [0.717, 1.165) is 31.6 Å². The molecular weight excluding hydrogens is 354 g/mol. The molecule has 26 heavy (non-hydrogen) atoms. The molecule has 3 rings (SSSR count). The zero-order valence-electron chi connectivity index (χ0n) is 14.7. The van der Waals surface area contributed by atoms with Gasteiger partial charge < -0.3 is 15.1 Å². The quantitative estimate of drug-likeness (QED) is 0.855. The van der Waals surface area contributed by atoms with Crippen molar-refractivity contribution < 1.29 is 14.4 Å². The predicted molar refractivity (Wildman–Crippen MR) is 100.0 cm³/mol. The number of nitrogens with zero attached hydrogens (tertiary/aromatic N) is 2. The van der Waals surface area contributed by atoms with Crippen molar-refractivity contribution >= 4 is 35.0 Å². The third kappa shape index (κ3) is 4.55. The largest absolute Gasteiger partial charge is 0.355 e. The Morgan fingerprint density at radius 1 is 1.12 bits per heavy atom. The van der Waals surface area contributed by atoms with Gasteiger partial charge in [0.05, 0.1) is 5.92 Å². The molecular formula is C19H24ClN3O3. The molecule has 0 bridgehead atoms. The molecule has 1 atom stereocenters. The molecule has 0 aromatic heterocycles. The minimum Gasteiger partial charge on any atom is -0.355 e. The molecule has 2 heterocycles. The summed E-state index contributed by atoms with van der Waals surface area (Å²) in [6.07, 6.45) is 3.80. The zero-order valence-corrected chi connectivity index (χ0v) is 15.5. The van der Waals surface area contributed by atoms with Gasteiger partial charge in [0.2, 0.25) is 17.7 Å². The summed E-state index contributed by atoms with van der Waals surface area (Å²) in [5.41, 5.74) is 0.745. The first-order chi connectivity index (χ1) is 12.5. The second kappa shape index (κ2) is 8.54. The summed E-state index contributed by atoms with van der Waals surface area (Å²) in [5.74, 6) is -0.531. The van der Waals surface area contributed by atoms with Crippen molar-refractivity contribution in [2.75, 3.05) is 31.1 Å². The Kier molecular flexibility index (Phi) is 6.14. The van der Waals surface area contributed by atoms with Crippen LogP contribution in [0.5, 0.6) is 0 Å². The van der Waals surface area contributed by atoms with Gasteiger partial charge in [-0.3, -0.25) is 14.4 Å². The second-order valence-electron chi connectivity index (χ2n) is 6.86. The van der Waals surface area contributed by atoms with Gasteiger partial charge in [0.15, 0.2) is 0 Å². The second-order valence-corrected chi connectivity index (χ2v) is 7.30. The summed E-state index contributed by atoms with van der Waals surface area (Å²) in [6, 6.07) is 7.00. The third-order valence-electron chi connectivity index (χ3n) is 4.98. The fraction of sp³-hybridized carbons (Fsp3) is 0.526. The maximum absolute atomic E-state index is 12.3. The van der Waals surface area contributed by atoms with E-state index in [4.69, 9.17) is 11.6 Å². The molecule has 3 amide bonds. The standard InChI is InChI=1S/C19H24ClN3O3/c20-15-4-6-16(7-5-15)23-13-14(12-18(23)25)19(26)21-9-8-17(24)22-10-2-1-3-11-22/h4-7,14H,1-3,8-13H2,(H,21,26). The smallest absolute Gasteiger partial charge is 0.227 e. The van der Waals surface area contributed by atoms with Gasteiger partial charge in [-0.1, -0.05) is 11.6 Å². The highest BCUT2D eigenvalue weighted by Crippen LogP contribution is 2.26. The Labute approximate surface area is 158 Å². The van der Waals surface area contributed by atoms with Crippen molar-refractivity contribution in [1.29, 1.82) is 0 Å². The number of anilines is 1. The molecule has 2 fully saturated rings. The van der Waals surface area contributed by atoms with Gasteiger partial charge in [0.25, 0.3) is 0 Å². The topological polar surface area (TPSA) is 69.7 Å². The van der Waals surface area contributed by atoms with E-state index in [-0.39, 0.29) is 30.1 Å². The number of benzene rings is 1. The molecule has 2 aliphatic rings. The van der Waals surface area contributed by atoms with Crippen LogP contribution in [0.1, 0.15) is 32.1 Å². The van der Waals surface area contributed by atoms with E-state index in [0.29, 0.717) is 24.5 Å². The van der Waals surface area contributed by atoms with Gasteiger partial charge in [-0.2, -0.15) is 0 Å². The number of carbonyl (C=O) groups is 3. The van der Waals surface area contributed by atoms with Crippen LogP contribution in [0.2, 0.25) is 5.02 Å². The van der Waals surface area contributed by atoms with Crippen LogP contribution < -0.4 is 10.2 Å². The van der Waals surface area contributed by atoms with Crippen LogP contribution in [0.25, 0.3) is 0 Å². The van der Waals surface area contributed by atoms with Crippen molar-refractivity contribution in [1.82, 2.24) is 10.2 Å². The average Bonchev–Trinajstić information content (AvgIpc) is 3.05. The monoisotopic (exact) mass is 377 g/mol. The van der Waals surface area contributed by atoms with Gasteiger partial charge in [0, 0.05) is 49.7 Å². The van der Waals surface area contributed by atoms with E-state index in [9.17, 15) is 14.4 Å². The Bertz CT molecular complexity index is 671. The lowest BCUT2D eigenvalue weighted by molar-refractivity contribution is -0.132. The molecule has 6 nitrogen and oxygen atoms in total. The average molecular weight is 378 g/mol. The molecule has 1 aromatic carbocycles. The summed E-state index contributed by atoms with van der Waals surface area (Å²) in [4.78, 5) is 40.2. The van der Waals surface area contributed by atoms with Gasteiger partial charge in [0.1, 0.15) is 0 Å². The predicted octanol–water partition coefficient (Wildman–Crippen LogP) is 2.21. The number of hydrogen-bond acceptors (Lipinski definition) is 3. The molecule has 0 spiro atoms. The Balaban J connectivity index is 1.45. The number of carbonyl (C=O) groups excluding carboxylic acids is 3. The summed E-state index contributed by atoms with van der Waals surface area (Å²) < 4.78 is 0. The molecule has 0 radical (unpaired) electrons.